The van der Waals surface area contributed by atoms with E-state index in [1.807, 2.05) is 0 Å². The number of nitrogens with zero attached hydrogens (tertiary/aromatic N) is 2. The van der Waals surface area contributed by atoms with Crippen LogP contribution in [0.3, 0.4) is 0 Å². The average Bonchev–Trinajstić information content (AvgIpc) is 2.33. The van der Waals surface area contributed by atoms with Gasteiger partial charge in [-0.2, -0.15) is 0 Å². The first-order valence-electron chi connectivity index (χ1n) is 6.41. The van der Waals surface area contributed by atoms with Crippen LogP contribution >= 0.6 is 0 Å². The van der Waals surface area contributed by atoms with Crippen molar-refractivity contribution in [1.29, 1.82) is 0 Å². The molecule has 0 saturated carbocycles. The highest BCUT2D eigenvalue weighted by atomic mass is 16.5. The lowest BCUT2D eigenvalue weighted by Crippen LogP contribution is -2.63. The van der Waals surface area contributed by atoms with Crippen molar-refractivity contribution < 1.29 is 4.74 Å². The summed E-state index contributed by atoms with van der Waals surface area (Å²) in [6, 6.07) is 0.639. The molecular weight excluding hydrogens is 202 g/mol. The van der Waals surface area contributed by atoms with Crippen LogP contribution < -0.4 is 5.73 Å². The molecule has 4 nitrogen and oxygen atoms in total. The molecule has 0 amide bonds. The number of nitrogens with two attached hydrogens (primary N) is 1. The Morgan fingerprint density at radius 1 is 1.31 bits per heavy atom. The lowest BCUT2D eigenvalue weighted by molar-refractivity contribution is -0.0504. The molecule has 0 aromatic carbocycles. The van der Waals surface area contributed by atoms with Crippen molar-refractivity contribution in [2.45, 2.75) is 31.3 Å². The summed E-state index contributed by atoms with van der Waals surface area (Å²) in [7, 11) is 2.21. The molecule has 0 aliphatic carbocycles. The van der Waals surface area contributed by atoms with Gasteiger partial charge >= 0.3 is 0 Å². The SMILES string of the molecule is CC1CN(C2(CN)CCOCC2)CCN1C. The van der Waals surface area contributed by atoms with Crippen LogP contribution in [0.15, 0.2) is 0 Å². The molecular formula is C12H25N3O. The molecule has 4 heteroatoms. The number of hydrogen-bond acceptors (Lipinski definition) is 4. The van der Waals surface area contributed by atoms with Gasteiger partial charge in [0.2, 0.25) is 0 Å². The van der Waals surface area contributed by atoms with Gasteiger partial charge in [0.1, 0.15) is 0 Å². The van der Waals surface area contributed by atoms with E-state index in [2.05, 4.69) is 23.8 Å². The summed E-state index contributed by atoms with van der Waals surface area (Å²) in [5.74, 6) is 0. The fourth-order valence-electron chi connectivity index (χ4n) is 2.88. The Kier molecular flexibility index (Phi) is 3.85. The molecule has 2 saturated heterocycles. The highest BCUT2D eigenvalue weighted by molar-refractivity contribution is 4.96. The predicted molar refractivity (Wildman–Crippen MR) is 65.5 cm³/mol. The van der Waals surface area contributed by atoms with Gasteiger partial charge in [0.25, 0.3) is 0 Å². The van der Waals surface area contributed by atoms with Crippen LogP contribution in [-0.2, 0) is 4.74 Å². The molecule has 2 rings (SSSR count). The second-order valence-corrected chi connectivity index (χ2v) is 5.32. The van der Waals surface area contributed by atoms with E-state index >= 15 is 0 Å². The van der Waals surface area contributed by atoms with Crippen molar-refractivity contribution in [2.75, 3.05) is 46.4 Å². The minimum absolute atomic E-state index is 0.216. The van der Waals surface area contributed by atoms with Gasteiger partial charge in [0.15, 0.2) is 0 Å². The maximum absolute atomic E-state index is 6.04. The highest BCUT2D eigenvalue weighted by Gasteiger charge is 2.39. The predicted octanol–water partition coefficient (Wildman–Crippen LogP) is 0.130. The van der Waals surface area contributed by atoms with Crippen molar-refractivity contribution in [3.05, 3.63) is 0 Å². The Hall–Kier alpha value is -0.160. The number of rotatable bonds is 2. The van der Waals surface area contributed by atoms with Crippen molar-refractivity contribution >= 4 is 0 Å². The molecule has 2 aliphatic rings. The van der Waals surface area contributed by atoms with Gasteiger partial charge in [-0.25, -0.2) is 0 Å². The molecule has 16 heavy (non-hydrogen) atoms. The van der Waals surface area contributed by atoms with E-state index < -0.39 is 0 Å². The lowest BCUT2D eigenvalue weighted by atomic mass is 9.87. The first-order chi connectivity index (χ1) is 7.68. The van der Waals surface area contributed by atoms with Crippen molar-refractivity contribution in [2.24, 2.45) is 5.73 Å². The first kappa shape index (κ1) is 12.3. The van der Waals surface area contributed by atoms with E-state index in [0.717, 1.165) is 52.2 Å². The second kappa shape index (κ2) is 5.00. The molecule has 0 aromatic rings. The summed E-state index contributed by atoms with van der Waals surface area (Å²) in [6.45, 7) is 8.27. The van der Waals surface area contributed by atoms with Gasteiger partial charge < -0.3 is 15.4 Å². The van der Waals surface area contributed by atoms with E-state index in [1.54, 1.807) is 0 Å². The number of piperazine rings is 1. The minimum atomic E-state index is 0.216. The topological polar surface area (TPSA) is 41.7 Å². The highest BCUT2D eigenvalue weighted by Crippen LogP contribution is 2.28. The van der Waals surface area contributed by atoms with E-state index in [9.17, 15) is 0 Å². The van der Waals surface area contributed by atoms with Crippen LogP contribution in [0, 0.1) is 0 Å². The molecule has 0 bridgehead atoms. The average molecular weight is 227 g/mol. The van der Waals surface area contributed by atoms with E-state index in [-0.39, 0.29) is 5.54 Å². The van der Waals surface area contributed by atoms with Crippen LogP contribution in [0.25, 0.3) is 0 Å². The van der Waals surface area contributed by atoms with Crippen molar-refractivity contribution in [3.8, 4) is 0 Å². The van der Waals surface area contributed by atoms with Crippen LogP contribution in [0.4, 0.5) is 0 Å². The third-order valence-electron chi connectivity index (χ3n) is 4.43. The lowest BCUT2D eigenvalue weighted by Gasteiger charge is -2.50. The van der Waals surface area contributed by atoms with Gasteiger partial charge in [0.05, 0.1) is 0 Å². The summed E-state index contributed by atoms with van der Waals surface area (Å²) in [5.41, 5.74) is 6.25. The molecule has 0 aromatic heterocycles. The van der Waals surface area contributed by atoms with Crippen LogP contribution in [0.1, 0.15) is 19.8 Å². The van der Waals surface area contributed by atoms with E-state index in [4.69, 9.17) is 10.5 Å². The fourth-order valence-corrected chi connectivity index (χ4v) is 2.88. The van der Waals surface area contributed by atoms with E-state index in [1.165, 1.54) is 0 Å². The monoisotopic (exact) mass is 227 g/mol. The van der Waals surface area contributed by atoms with Gasteiger partial charge in [0, 0.05) is 51.0 Å². The maximum Gasteiger partial charge on any atom is 0.0484 e. The zero-order valence-corrected chi connectivity index (χ0v) is 10.6. The summed E-state index contributed by atoms with van der Waals surface area (Å²) in [5, 5.41) is 0. The van der Waals surface area contributed by atoms with Crippen LogP contribution in [-0.4, -0.2) is 67.8 Å². The van der Waals surface area contributed by atoms with Crippen LogP contribution in [0.2, 0.25) is 0 Å². The van der Waals surface area contributed by atoms with E-state index in [0.29, 0.717) is 6.04 Å². The third-order valence-corrected chi connectivity index (χ3v) is 4.43. The summed E-state index contributed by atoms with van der Waals surface area (Å²) >= 11 is 0. The smallest absolute Gasteiger partial charge is 0.0484 e. The Bertz CT molecular complexity index is 228. The standard InChI is InChI=1S/C12H25N3O/c1-11-9-15(6-5-14(11)2)12(10-13)3-7-16-8-4-12/h11H,3-10,13H2,1-2H3. The summed E-state index contributed by atoms with van der Waals surface area (Å²) < 4.78 is 5.47. The molecule has 2 heterocycles. The Balaban J connectivity index is 2.03. The normalized spacial score (nSPS) is 32.8. The summed E-state index contributed by atoms with van der Waals surface area (Å²) in [6.07, 6.45) is 2.19. The Labute approximate surface area is 98.7 Å². The number of hydrogen-bond donors (Lipinski definition) is 1. The fraction of sp³-hybridized carbons (Fsp3) is 1.00. The van der Waals surface area contributed by atoms with Crippen molar-refractivity contribution in [1.82, 2.24) is 9.80 Å². The Morgan fingerprint density at radius 3 is 2.56 bits per heavy atom. The number of ether oxygens (including phenoxy) is 1. The Morgan fingerprint density at radius 2 is 2.00 bits per heavy atom. The molecule has 0 radical (unpaired) electrons. The molecule has 2 fully saturated rings. The van der Waals surface area contributed by atoms with Gasteiger partial charge in [-0.1, -0.05) is 0 Å². The quantitative estimate of drug-likeness (QED) is 0.728. The summed E-state index contributed by atoms with van der Waals surface area (Å²) in [4.78, 5) is 5.04. The molecule has 0 spiro atoms. The maximum atomic E-state index is 6.04. The van der Waals surface area contributed by atoms with Gasteiger partial charge in [-0.3, -0.25) is 4.90 Å². The largest absolute Gasteiger partial charge is 0.381 e. The van der Waals surface area contributed by atoms with Crippen molar-refractivity contribution in [3.63, 3.8) is 0 Å². The zero-order valence-electron chi connectivity index (χ0n) is 10.6. The molecule has 1 unspecified atom stereocenters. The molecule has 2 aliphatic heterocycles. The van der Waals surface area contributed by atoms with Crippen LogP contribution in [0.5, 0.6) is 0 Å². The minimum Gasteiger partial charge on any atom is -0.381 e. The van der Waals surface area contributed by atoms with Gasteiger partial charge in [-0.05, 0) is 26.8 Å². The second-order valence-electron chi connectivity index (χ2n) is 5.32. The van der Waals surface area contributed by atoms with Gasteiger partial charge in [-0.15, -0.1) is 0 Å². The zero-order chi connectivity index (χ0) is 11.6. The third kappa shape index (κ3) is 2.25. The molecule has 94 valence electrons. The first-order valence-corrected chi connectivity index (χ1v) is 6.41. The number of likely N-dealkylation sites (N-methyl/N-ethyl adjacent to an activating group) is 1. The molecule has 2 N–H and O–H groups in total. The molecule has 1 atom stereocenters.